The maximum absolute atomic E-state index is 2.52. The third-order valence-electron chi connectivity index (χ3n) is 4.16. The highest BCUT2D eigenvalue weighted by Crippen LogP contribution is 2.42. The van der Waals surface area contributed by atoms with E-state index in [0.717, 1.165) is 0 Å². The number of hydrogen-bond donors (Lipinski definition) is 0. The molecule has 0 saturated carbocycles. The van der Waals surface area contributed by atoms with Gasteiger partial charge in [-0.1, -0.05) is 77.1 Å². The zero-order valence-corrected chi connectivity index (χ0v) is 17.7. The van der Waals surface area contributed by atoms with E-state index in [9.17, 15) is 0 Å². The van der Waals surface area contributed by atoms with Gasteiger partial charge in [0.05, 0.1) is 16.1 Å². The summed E-state index contributed by atoms with van der Waals surface area (Å²) in [4.78, 5) is 3.66. The van der Waals surface area contributed by atoms with Gasteiger partial charge >= 0.3 is 0 Å². The van der Waals surface area contributed by atoms with Crippen molar-refractivity contribution in [2.75, 3.05) is 0 Å². The monoisotopic (exact) mass is 332 g/mol. The maximum atomic E-state index is 2.52. The molecule has 0 aliphatic rings. The zero-order valence-electron chi connectivity index (χ0n) is 14.8. The summed E-state index contributed by atoms with van der Waals surface area (Å²) in [6, 6.07) is 11.3. The summed E-state index contributed by atoms with van der Waals surface area (Å²) >= 11 is 0. The Hall–Kier alpha value is -0.566. The SMILES string of the molecule is Cc1c(C)c([Si](C)(C)C)p(-c2ccccc2)c1[Si](C)(C)C. The first-order chi connectivity index (χ1) is 9.55. The minimum atomic E-state index is -1.31. The summed E-state index contributed by atoms with van der Waals surface area (Å²) in [5, 5.41) is 1.57. The van der Waals surface area contributed by atoms with E-state index < -0.39 is 16.1 Å². The first-order valence-corrected chi connectivity index (χ1v) is 16.2. The van der Waals surface area contributed by atoms with Crippen LogP contribution in [0.5, 0.6) is 0 Å². The lowest BCUT2D eigenvalue weighted by molar-refractivity contribution is 1.42. The highest BCUT2D eigenvalue weighted by Gasteiger charge is 2.33. The van der Waals surface area contributed by atoms with Crippen LogP contribution in [0.3, 0.4) is 0 Å². The molecule has 1 aromatic carbocycles. The molecule has 0 bridgehead atoms. The van der Waals surface area contributed by atoms with Gasteiger partial charge in [0.15, 0.2) is 0 Å². The largest absolute Gasteiger partial charge is 0.0947 e. The molecule has 1 aromatic heterocycles. The van der Waals surface area contributed by atoms with E-state index in [1.807, 2.05) is 9.84 Å². The average Bonchev–Trinajstić information content (AvgIpc) is 2.62. The quantitative estimate of drug-likeness (QED) is 0.663. The molecule has 0 aliphatic heterocycles. The molecule has 0 fully saturated rings. The van der Waals surface area contributed by atoms with Gasteiger partial charge in [0.25, 0.3) is 0 Å². The molecule has 0 nitrogen and oxygen atoms in total. The molecule has 2 aromatic rings. The highest BCUT2D eigenvalue weighted by molar-refractivity contribution is 7.70. The summed E-state index contributed by atoms with van der Waals surface area (Å²) in [6.45, 7) is 19.9. The second kappa shape index (κ2) is 5.57. The van der Waals surface area contributed by atoms with Gasteiger partial charge in [-0.2, -0.15) is 0 Å². The lowest BCUT2D eigenvalue weighted by Gasteiger charge is -2.24. The van der Waals surface area contributed by atoms with E-state index in [2.05, 4.69) is 83.5 Å². The molecule has 0 spiro atoms. The number of rotatable bonds is 3. The lowest BCUT2D eigenvalue weighted by Crippen LogP contribution is -2.40. The summed E-state index contributed by atoms with van der Waals surface area (Å²) in [6.07, 6.45) is 0. The van der Waals surface area contributed by atoms with Crippen LogP contribution in [-0.2, 0) is 0 Å². The van der Waals surface area contributed by atoms with Crippen molar-refractivity contribution in [1.82, 2.24) is 0 Å². The lowest BCUT2D eigenvalue weighted by atomic mass is 10.2. The van der Waals surface area contributed by atoms with Crippen molar-refractivity contribution in [3.05, 3.63) is 41.5 Å². The number of benzene rings is 1. The average molecular weight is 333 g/mol. The molecule has 2 rings (SSSR count). The van der Waals surface area contributed by atoms with E-state index in [-0.39, 0.29) is 7.53 Å². The fourth-order valence-electron chi connectivity index (χ4n) is 3.43. The highest BCUT2D eigenvalue weighted by atomic mass is 31.1. The van der Waals surface area contributed by atoms with Crippen LogP contribution in [0.1, 0.15) is 11.1 Å². The van der Waals surface area contributed by atoms with Crippen LogP contribution < -0.4 is 9.84 Å². The van der Waals surface area contributed by atoms with Crippen molar-refractivity contribution in [1.29, 1.82) is 0 Å². The number of hydrogen-bond acceptors (Lipinski definition) is 0. The standard InChI is InChI=1S/C18H29PSi2/c1-14-15(2)18(21(6,7)8)19(17(14)20(3,4)5)16-12-10-9-11-13-16/h9-13H,1-8H3. The van der Waals surface area contributed by atoms with Crippen LogP contribution in [-0.4, -0.2) is 16.1 Å². The van der Waals surface area contributed by atoms with Crippen LogP contribution in [0.4, 0.5) is 0 Å². The minimum Gasteiger partial charge on any atom is -0.0947 e. The third-order valence-corrected chi connectivity index (χ3v) is 15.5. The van der Waals surface area contributed by atoms with E-state index in [0.29, 0.717) is 0 Å². The summed E-state index contributed by atoms with van der Waals surface area (Å²) in [5.74, 6) is 0. The Labute approximate surface area is 133 Å². The summed E-state index contributed by atoms with van der Waals surface area (Å²) < 4.78 is 0. The van der Waals surface area contributed by atoms with Gasteiger partial charge in [-0.25, -0.2) is 0 Å². The molecule has 0 amide bonds. The van der Waals surface area contributed by atoms with Crippen LogP contribution in [0.2, 0.25) is 39.3 Å². The molecule has 1 heterocycles. The van der Waals surface area contributed by atoms with Gasteiger partial charge in [-0.15, -0.1) is 0 Å². The van der Waals surface area contributed by atoms with Crippen LogP contribution >= 0.6 is 7.53 Å². The van der Waals surface area contributed by atoms with Crippen molar-refractivity contribution in [3.63, 3.8) is 0 Å². The second-order valence-electron chi connectivity index (χ2n) is 8.12. The van der Waals surface area contributed by atoms with E-state index in [1.165, 1.54) is 0 Å². The van der Waals surface area contributed by atoms with Gasteiger partial charge in [-0.3, -0.25) is 0 Å². The van der Waals surface area contributed by atoms with Crippen LogP contribution in [0.15, 0.2) is 30.3 Å². The van der Waals surface area contributed by atoms with Crippen molar-refractivity contribution >= 4 is 33.5 Å². The Kier molecular flexibility index (Phi) is 4.46. The van der Waals surface area contributed by atoms with Gasteiger partial charge in [0, 0.05) is 0 Å². The molecule has 21 heavy (non-hydrogen) atoms. The van der Waals surface area contributed by atoms with Gasteiger partial charge < -0.3 is 0 Å². The third kappa shape index (κ3) is 3.13. The summed E-state index contributed by atoms with van der Waals surface area (Å²) in [7, 11) is -2.85. The van der Waals surface area contributed by atoms with Crippen LogP contribution in [0.25, 0.3) is 5.30 Å². The minimum absolute atomic E-state index is 0.239. The maximum Gasteiger partial charge on any atom is 0.0834 e. The molecule has 0 radical (unpaired) electrons. The molecule has 0 N–H and O–H groups in total. The van der Waals surface area contributed by atoms with Gasteiger partial charge in [0.1, 0.15) is 0 Å². The first kappa shape index (κ1) is 16.8. The molecular weight excluding hydrogens is 303 g/mol. The smallest absolute Gasteiger partial charge is 0.0834 e. The molecule has 114 valence electrons. The van der Waals surface area contributed by atoms with E-state index in [4.69, 9.17) is 0 Å². The Bertz CT molecular complexity index is 603. The molecule has 0 atom stereocenters. The summed E-state index contributed by atoms with van der Waals surface area (Å²) in [5.41, 5.74) is 3.25. The van der Waals surface area contributed by atoms with Crippen molar-refractivity contribution < 1.29 is 0 Å². The Morgan fingerprint density at radius 2 is 1.05 bits per heavy atom. The van der Waals surface area contributed by atoms with Crippen LogP contribution in [0, 0.1) is 13.8 Å². The molecule has 0 unspecified atom stereocenters. The topological polar surface area (TPSA) is 0 Å². The fourth-order valence-corrected chi connectivity index (χ4v) is 15.4. The second-order valence-corrected chi connectivity index (χ2v) is 21.0. The molecule has 0 saturated heterocycles. The van der Waals surface area contributed by atoms with Crippen molar-refractivity contribution in [2.45, 2.75) is 53.1 Å². The zero-order chi connectivity index (χ0) is 16.0. The molecule has 3 heteroatoms. The van der Waals surface area contributed by atoms with Crippen molar-refractivity contribution in [2.24, 2.45) is 0 Å². The van der Waals surface area contributed by atoms with Crippen molar-refractivity contribution in [3.8, 4) is 5.30 Å². The molecule has 0 aliphatic carbocycles. The first-order valence-electron chi connectivity index (χ1n) is 7.83. The van der Waals surface area contributed by atoms with E-state index >= 15 is 0 Å². The Morgan fingerprint density at radius 1 is 0.667 bits per heavy atom. The van der Waals surface area contributed by atoms with E-state index in [1.54, 1.807) is 16.4 Å². The Balaban J connectivity index is 2.92. The predicted octanol–water partition coefficient (Wildman–Crippen LogP) is 5.37. The molecular formula is C18H29PSi2. The van der Waals surface area contributed by atoms with Gasteiger partial charge in [-0.05, 0) is 40.1 Å². The fraction of sp³-hybridized carbons (Fsp3) is 0.444. The normalized spacial score (nSPS) is 12.8. The van der Waals surface area contributed by atoms with Gasteiger partial charge in [0.2, 0.25) is 0 Å². The Morgan fingerprint density at radius 3 is 1.38 bits per heavy atom. The predicted molar refractivity (Wildman–Crippen MR) is 106 cm³/mol.